The van der Waals surface area contributed by atoms with Gasteiger partial charge in [0.2, 0.25) is 0 Å². The van der Waals surface area contributed by atoms with Crippen LogP contribution in [0, 0.1) is 80.8 Å². The molecule has 0 aliphatic heterocycles. The lowest BCUT2D eigenvalue weighted by Crippen LogP contribution is -2.80. The second-order valence-electron chi connectivity index (χ2n) is 22.8. The molecule has 12 aliphatic carbocycles. The zero-order chi connectivity index (χ0) is 37.1. The minimum Gasteiger partial charge on any atom is -0.496 e. The van der Waals surface area contributed by atoms with Crippen LogP contribution in [0.25, 0.3) is 10.8 Å². The van der Waals surface area contributed by atoms with Gasteiger partial charge < -0.3 is 14.4 Å². The molecule has 3 heteroatoms. The Hall–Kier alpha value is -3.20. The number of ether oxygens (including phenoxy) is 2. The fourth-order valence-electron chi connectivity index (χ4n) is 21.9. The number of hydrogen-bond donors (Lipinski definition) is 0. The van der Waals surface area contributed by atoms with Crippen molar-refractivity contribution < 1.29 is 9.47 Å². The SMILES string of the molecule is C=C1C(=C)[C@@H]2C[C@H]1C1C2C2(C)C3C4C[C@@H](c5c4c(OC)c4cc6c(cc4c5OC)[C@H]4C[C@@H]6C5C4[C@]4(C)C6C(C7C[C@H]6c6ccc(N(C)C)cc67)C54C)C3[C@@]12C. The van der Waals surface area contributed by atoms with Crippen molar-refractivity contribution in [3.05, 3.63) is 88.0 Å². The average molecular weight is 728 g/mol. The Balaban J connectivity index is 0.855. The van der Waals surface area contributed by atoms with Crippen LogP contribution in [0.5, 0.6) is 11.5 Å². The van der Waals surface area contributed by atoms with E-state index >= 15 is 0 Å². The molecular formula is C52H57NO2. The van der Waals surface area contributed by atoms with Gasteiger partial charge in [0.15, 0.2) is 0 Å². The summed E-state index contributed by atoms with van der Waals surface area (Å²) in [4.78, 5) is 2.30. The smallest absolute Gasteiger partial charge is 0.130 e. The van der Waals surface area contributed by atoms with E-state index in [9.17, 15) is 0 Å². The van der Waals surface area contributed by atoms with E-state index in [4.69, 9.17) is 9.47 Å². The van der Waals surface area contributed by atoms with Crippen LogP contribution < -0.4 is 14.4 Å². The zero-order valence-corrected chi connectivity index (χ0v) is 34.1. The van der Waals surface area contributed by atoms with Gasteiger partial charge in [-0.15, -0.1) is 0 Å². The average Bonchev–Trinajstić information content (AvgIpc) is 4.06. The van der Waals surface area contributed by atoms with Gasteiger partial charge in [0.05, 0.1) is 14.2 Å². The molecule has 55 heavy (non-hydrogen) atoms. The minimum absolute atomic E-state index is 0.392. The Labute approximate surface area is 327 Å². The van der Waals surface area contributed by atoms with E-state index in [-0.39, 0.29) is 0 Å². The van der Waals surface area contributed by atoms with Crippen LogP contribution in [-0.2, 0) is 0 Å². The van der Waals surface area contributed by atoms with Gasteiger partial charge in [-0.2, -0.15) is 0 Å². The van der Waals surface area contributed by atoms with Crippen LogP contribution in [0.2, 0.25) is 0 Å². The van der Waals surface area contributed by atoms with Crippen LogP contribution in [-0.4, -0.2) is 28.3 Å². The first-order valence-corrected chi connectivity index (χ1v) is 22.3. The lowest BCUT2D eigenvalue weighted by molar-refractivity contribution is -0.354. The largest absolute Gasteiger partial charge is 0.496 e. The highest BCUT2D eigenvalue weighted by atomic mass is 16.5. The van der Waals surface area contributed by atoms with Crippen molar-refractivity contribution in [1.82, 2.24) is 0 Å². The lowest BCUT2D eigenvalue weighted by Gasteiger charge is -2.84. The maximum Gasteiger partial charge on any atom is 0.130 e. The van der Waals surface area contributed by atoms with Crippen LogP contribution in [0.1, 0.15) is 122 Å². The maximum absolute atomic E-state index is 6.69. The van der Waals surface area contributed by atoms with Crippen molar-refractivity contribution in [2.75, 3.05) is 33.2 Å². The standard InChI is InChI=1S/C52H57NO2/c1-20-21(2)25-14-24(20)39-40(25)50(4)46-36-19-35(45(46)49(39,50)3)37-38(36)48(55-10)34-16-28-27(15-33(34)47(37)54-9)31-18-32(28)44-43(31)51(5)41-29-17-30(42(41)52(44,51)6)26-13-22(53(7)8)11-12-23(26)29/h11-13,15-16,24-25,29-32,35-36,39-46H,1-2,14,17-19H2,3-10H3/t24-,25+,29+,30?,31-,32+,35+,36?,39?,40?,41?,42?,43?,44?,45?,46?,49-,50?,51+,52?/m1/s1. The molecule has 0 saturated heterocycles. The summed E-state index contributed by atoms with van der Waals surface area (Å²) in [7, 11) is 8.35. The number of hydrogen-bond acceptors (Lipinski definition) is 3. The summed E-state index contributed by atoms with van der Waals surface area (Å²) in [5.74, 6) is 14.2. The second kappa shape index (κ2) is 8.49. The molecule has 0 heterocycles. The van der Waals surface area contributed by atoms with Crippen molar-refractivity contribution >= 4 is 16.5 Å². The summed E-state index contributed by atoms with van der Waals surface area (Å²) >= 11 is 0. The molecule has 3 aromatic rings. The van der Waals surface area contributed by atoms with E-state index in [1.54, 1.807) is 33.4 Å². The molecule has 0 N–H and O–H groups in total. The van der Waals surface area contributed by atoms with E-state index in [1.807, 2.05) is 14.2 Å². The molecule has 9 fully saturated rings. The Bertz CT molecular complexity index is 2490. The van der Waals surface area contributed by atoms with Crippen LogP contribution in [0.15, 0.2) is 54.6 Å². The fourth-order valence-corrected chi connectivity index (χ4v) is 21.9. The van der Waals surface area contributed by atoms with E-state index in [1.165, 1.54) is 64.8 Å². The number of methoxy groups -OCH3 is 2. The summed E-state index contributed by atoms with van der Waals surface area (Å²) in [5, 5.41) is 2.69. The van der Waals surface area contributed by atoms with Crippen molar-refractivity contribution in [3.63, 3.8) is 0 Å². The van der Waals surface area contributed by atoms with Crippen molar-refractivity contribution in [1.29, 1.82) is 0 Å². The first-order valence-electron chi connectivity index (χ1n) is 22.3. The van der Waals surface area contributed by atoms with Gasteiger partial charge in [-0.05, 0) is 200 Å². The first kappa shape index (κ1) is 30.9. The number of benzene rings is 3. The molecule has 20 atom stereocenters. The third-order valence-corrected chi connectivity index (χ3v) is 23.0. The molecule has 0 amide bonds. The molecule has 3 nitrogen and oxygen atoms in total. The molecule has 8 bridgehead atoms. The van der Waals surface area contributed by atoms with Gasteiger partial charge in [0.1, 0.15) is 11.5 Å². The quantitative estimate of drug-likeness (QED) is 0.251. The number of fused-ring (bicyclic) bond motifs is 40. The molecular weight excluding hydrogens is 671 g/mol. The van der Waals surface area contributed by atoms with Crippen LogP contribution >= 0.6 is 0 Å². The zero-order valence-electron chi connectivity index (χ0n) is 34.1. The number of allylic oxidation sites excluding steroid dienone is 2. The van der Waals surface area contributed by atoms with Gasteiger partial charge in [-0.1, -0.05) is 46.9 Å². The second-order valence-corrected chi connectivity index (χ2v) is 22.8. The monoisotopic (exact) mass is 727 g/mol. The fraction of sp³-hybridized carbons (Fsp3) is 0.615. The molecule has 0 spiro atoms. The van der Waals surface area contributed by atoms with Crippen molar-refractivity contribution in [3.8, 4) is 11.5 Å². The van der Waals surface area contributed by atoms with E-state index in [0.717, 1.165) is 59.2 Å². The third-order valence-electron chi connectivity index (χ3n) is 23.0. The van der Waals surface area contributed by atoms with Gasteiger partial charge in [0, 0.05) is 41.7 Å². The van der Waals surface area contributed by atoms with Crippen LogP contribution in [0.3, 0.4) is 0 Å². The molecule has 12 unspecified atom stereocenters. The highest BCUT2D eigenvalue weighted by Gasteiger charge is 2.90. The molecule has 282 valence electrons. The summed E-state index contributed by atoms with van der Waals surface area (Å²) < 4.78 is 13.4. The highest BCUT2D eigenvalue weighted by molar-refractivity contribution is 5.99. The summed E-state index contributed by atoms with van der Waals surface area (Å²) in [6.07, 6.45) is 5.35. The summed E-state index contributed by atoms with van der Waals surface area (Å²) in [5.41, 5.74) is 15.7. The topological polar surface area (TPSA) is 21.7 Å². The normalized spacial score (nSPS) is 53.9. The molecule has 15 rings (SSSR count). The predicted octanol–water partition coefficient (Wildman–Crippen LogP) is 11.1. The Morgan fingerprint density at radius 2 is 0.836 bits per heavy atom. The van der Waals surface area contributed by atoms with E-state index in [2.05, 4.69) is 90.2 Å². The number of anilines is 1. The number of rotatable bonds is 3. The van der Waals surface area contributed by atoms with Gasteiger partial charge in [0.25, 0.3) is 0 Å². The number of nitrogens with zero attached hydrogens (tertiary/aromatic N) is 1. The van der Waals surface area contributed by atoms with Gasteiger partial charge >= 0.3 is 0 Å². The highest BCUT2D eigenvalue weighted by Crippen LogP contribution is 2.97. The van der Waals surface area contributed by atoms with Crippen LogP contribution in [0.4, 0.5) is 5.69 Å². The molecule has 3 aromatic carbocycles. The summed E-state index contributed by atoms with van der Waals surface area (Å²) in [6.45, 7) is 20.2. The third kappa shape index (κ3) is 2.50. The molecule has 9 saturated carbocycles. The molecule has 0 aromatic heterocycles. The Kier molecular flexibility index (Phi) is 4.77. The van der Waals surface area contributed by atoms with Gasteiger partial charge in [-0.25, -0.2) is 0 Å². The first-order chi connectivity index (χ1) is 26.4. The predicted molar refractivity (Wildman–Crippen MR) is 218 cm³/mol. The van der Waals surface area contributed by atoms with E-state index < -0.39 is 0 Å². The maximum atomic E-state index is 6.69. The molecule has 0 radical (unpaired) electrons. The summed E-state index contributed by atoms with van der Waals surface area (Å²) in [6, 6.07) is 12.8. The van der Waals surface area contributed by atoms with Gasteiger partial charge in [-0.3, -0.25) is 0 Å². The lowest BCUT2D eigenvalue weighted by atomic mass is 9.19. The Morgan fingerprint density at radius 3 is 1.25 bits per heavy atom. The molecule has 12 aliphatic rings. The van der Waals surface area contributed by atoms with E-state index in [0.29, 0.717) is 57.2 Å². The Morgan fingerprint density at radius 1 is 0.491 bits per heavy atom. The van der Waals surface area contributed by atoms with Crippen molar-refractivity contribution in [2.45, 2.75) is 88.9 Å². The van der Waals surface area contributed by atoms with Crippen molar-refractivity contribution in [2.24, 2.45) is 80.8 Å². The minimum atomic E-state index is 0.392.